The minimum absolute atomic E-state index is 0.157. The predicted octanol–water partition coefficient (Wildman–Crippen LogP) is 2.87. The van der Waals surface area contributed by atoms with Crippen LogP contribution in [0, 0.1) is 5.82 Å². The fourth-order valence-electron chi connectivity index (χ4n) is 4.42. The summed E-state index contributed by atoms with van der Waals surface area (Å²) >= 11 is 0. The van der Waals surface area contributed by atoms with Crippen molar-refractivity contribution < 1.29 is 18.7 Å². The molecule has 32 heavy (non-hydrogen) atoms. The zero-order chi connectivity index (χ0) is 22.5. The Balaban J connectivity index is 1.36. The van der Waals surface area contributed by atoms with Crippen LogP contribution in [0.3, 0.4) is 0 Å². The van der Waals surface area contributed by atoms with Crippen LogP contribution < -0.4 is 0 Å². The van der Waals surface area contributed by atoms with E-state index in [4.69, 9.17) is 4.74 Å². The molecule has 1 fully saturated rings. The molecule has 3 heterocycles. The van der Waals surface area contributed by atoms with Gasteiger partial charge in [-0.15, -0.1) is 0 Å². The van der Waals surface area contributed by atoms with Gasteiger partial charge in [-0.1, -0.05) is 0 Å². The van der Waals surface area contributed by atoms with Crippen molar-refractivity contribution in [2.24, 2.45) is 0 Å². The molecule has 9 heteroatoms. The number of hydrogen-bond donors (Lipinski definition) is 2. The lowest BCUT2D eigenvalue weighted by molar-refractivity contribution is 0.0455. The molecule has 2 N–H and O–H groups in total. The standard InChI is InChI=1S/C23H26FN5O3/c1-3-32-13-23(7-8-23)28(2)22(31)20-16-12-29(9-6-18(16)26-27-20)21(30)19-11-14-10-15(24)4-5-17(14)25-19/h4-5,10-11,25H,3,6-9,12-13H2,1-2H3,(H,26,27). The highest BCUT2D eigenvalue weighted by Crippen LogP contribution is 2.42. The molecular formula is C23H26FN5O3. The Morgan fingerprint density at radius 2 is 2.12 bits per heavy atom. The molecule has 0 unspecified atom stereocenters. The Kier molecular flexibility index (Phi) is 5.00. The molecule has 0 atom stereocenters. The van der Waals surface area contributed by atoms with Gasteiger partial charge in [0.2, 0.25) is 0 Å². The second kappa shape index (κ2) is 7.74. The monoisotopic (exact) mass is 439 g/mol. The number of likely N-dealkylation sites (N-methyl/N-ethyl adjacent to an activating group) is 1. The summed E-state index contributed by atoms with van der Waals surface area (Å²) in [5.74, 6) is -0.688. The first-order valence-electron chi connectivity index (χ1n) is 10.9. The summed E-state index contributed by atoms with van der Waals surface area (Å²) in [6.07, 6.45) is 2.41. The van der Waals surface area contributed by atoms with E-state index in [1.54, 1.807) is 29.0 Å². The van der Waals surface area contributed by atoms with Crippen molar-refractivity contribution in [2.45, 2.75) is 38.3 Å². The number of carbonyl (C=O) groups is 2. The highest BCUT2D eigenvalue weighted by Gasteiger charge is 2.49. The molecular weight excluding hydrogens is 413 g/mol. The van der Waals surface area contributed by atoms with E-state index in [0.717, 1.165) is 24.1 Å². The average Bonchev–Trinajstić information content (AvgIpc) is 3.28. The molecule has 2 aliphatic rings. The number of nitrogens with one attached hydrogen (secondary N) is 2. The predicted molar refractivity (Wildman–Crippen MR) is 116 cm³/mol. The van der Waals surface area contributed by atoms with Crippen molar-refractivity contribution in [1.82, 2.24) is 25.0 Å². The van der Waals surface area contributed by atoms with Gasteiger partial charge in [0.1, 0.15) is 11.5 Å². The molecule has 2 amide bonds. The Labute approximate surface area is 184 Å². The zero-order valence-corrected chi connectivity index (χ0v) is 18.2. The molecule has 8 nitrogen and oxygen atoms in total. The summed E-state index contributed by atoms with van der Waals surface area (Å²) in [6.45, 7) is 3.87. The number of aromatic amines is 2. The van der Waals surface area contributed by atoms with E-state index in [1.165, 1.54) is 12.1 Å². The number of halogens is 1. The fourth-order valence-corrected chi connectivity index (χ4v) is 4.42. The smallest absolute Gasteiger partial charge is 0.274 e. The molecule has 0 bridgehead atoms. The number of ether oxygens (including phenoxy) is 1. The molecule has 1 aliphatic carbocycles. The number of nitrogens with zero attached hydrogens (tertiary/aromatic N) is 3. The lowest BCUT2D eigenvalue weighted by Gasteiger charge is -2.29. The topological polar surface area (TPSA) is 94.3 Å². The lowest BCUT2D eigenvalue weighted by Crippen LogP contribution is -2.43. The van der Waals surface area contributed by atoms with Crippen molar-refractivity contribution in [3.8, 4) is 0 Å². The van der Waals surface area contributed by atoms with Crippen LogP contribution in [0.5, 0.6) is 0 Å². The second-order valence-electron chi connectivity index (χ2n) is 8.65. The van der Waals surface area contributed by atoms with Gasteiger partial charge in [-0.3, -0.25) is 14.7 Å². The maximum atomic E-state index is 13.5. The number of hydrogen-bond acceptors (Lipinski definition) is 4. The van der Waals surface area contributed by atoms with Crippen molar-refractivity contribution >= 4 is 22.7 Å². The maximum absolute atomic E-state index is 13.5. The van der Waals surface area contributed by atoms with E-state index in [9.17, 15) is 14.0 Å². The summed E-state index contributed by atoms with van der Waals surface area (Å²) in [7, 11) is 1.80. The molecule has 0 spiro atoms. The van der Waals surface area contributed by atoms with E-state index in [0.29, 0.717) is 55.0 Å². The Hall–Kier alpha value is -3.20. The Bertz CT molecular complexity index is 1200. The Morgan fingerprint density at radius 3 is 2.88 bits per heavy atom. The van der Waals surface area contributed by atoms with Gasteiger partial charge in [0.15, 0.2) is 5.69 Å². The van der Waals surface area contributed by atoms with Crippen LogP contribution in [0.4, 0.5) is 4.39 Å². The molecule has 1 aromatic carbocycles. The molecule has 1 saturated carbocycles. The van der Waals surface area contributed by atoms with Gasteiger partial charge in [-0.25, -0.2) is 4.39 Å². The van der Waals surface area contributed by atoms with Gasteiger partial charge >= 0.3 is 0 Å². The van der Waals surface area contributed by atoms with Gasteiger partial charge in [0, 0.05) is 48.8 Å². The lowest BCUT2D eigenvalue weighted by atomic mass is 10.0. The first-order chi connectivity index (χ1) is 15.4. The number of fused-ring (bicyclic) bond motifs is 2. The SMILES string of the molecule is CCOCC1(N(C)C(=O)c2n[nH]c3c2CN(C(=O)c2cc4cc(F)ccc4[nH]2)CC3)CC1. The largest absolute Gasteiger partial charge is 0.379 e. The van der Waals surface area contributed by atoms with Crippen LogP contribution in [-0.4, -0.2) is 69.1 Å². The van der Waals surface area contributed by atoms with Gasteiger partial charge < -0.3 is 19.5 Å². The summed E-state index contributed by atoms with van der Waals surface area (Å²) in [5.41, 5.74) is 2.85. The molecule has 1 aliphatic heterocycles. The van der Waals surface area contributed by atoms with Gasteiger partial charge in [0.05, 0.1) is 18.7 Å². The maximum Gasteiger partial charge on any atom is 0.274 e. The van der Waals surface area contributed by atoms with E-state index < -0.39 is 0 Å². The fraction of sp³-hybridized carbons (Fsp3) is 0.435. The van der Waals surface area contributed by atoms with Crippen LogP contribution in [0.15, 0.2) is 24.3 Å². The summed E-state index contributed by atoms with van der Waals surface area (Å²) in [5, 5.41) is 7.94. The van der Waals surface area contributed by atoms with Crippen molar-refractivity contribution in [3.63, 3.8) is 0 Å². The molecule has 0 radical (unpaired) electrons. The van der Waals surface area contributed by atoms with Crippen LogP contribution >= 0.6 is 0 Å². The van der Waals surface area contributed by atoms with Crippen molar-refractivity contribution in [2.75, 3.05) is 26.8 Å². The van der Waals surface area contributed by atoms with Crippen LogP contribution in [0.1, 0.15) is 52.0 Å². The molecule has 2 aromatic heterocycles. The summed E-state index contributed by atoms with van der Waals surface area (Å²) < 4.78 is 19.1. The van der Waals surface area contributed by atoms with Gasteiger partial charge in [0.25, 0.3) is 11.8 Å². The molecule has 3 aromatic rings. The summed E-state index contributed by atoms with van der Waals surface area (Å²) in [4.78, 5) is 32.9. The number of amides is 2. The highest BCUT2D eigenvalue weighted by atomic mass is 19.1. The third-order valence-electron chi connectivity index (χ3n) is 6.65. The normalized spacial score (nSPS) is 16.8. The van der Waals surface area contributed by atoms with E-state index >= 15 is 0 Å². The quantitative estimate of drug-likeness (QED) is 0.618. The number of rotatable bonds is 6. The summed E-state index contributed by atoms with van der Waals surface area (Å²) in [6, 6.07) is 6.04. The Morgan fingerprint density at radius 1 is 1.31 bits per heavy atom. The zero-order valence-electron chi connectivity index (χ0n) is 18.2. The van der Waals surface area contributed by atoms with Crippen molar-refractivity contribution in [3.05, 3.63) is 52.7 Å². The van der Waals surface area contributed by atoms with Crippen LogP contribution in [-0.2, 0) is 17.7 Å². The van der Waals surface area contributed by atoms with E-state index in [-0.39, 0.29) is 23.2 Å². The van der Waals surface area contributed by atoms with E-state index in [2.05, 4.69) is 15.2 Å². The highest BCUT2D eigenvalue weighted by molar-refractivity contribution is 5.99. The molecule has 5 rings (SSSR count). The minimum Gasteiger partial charge on any atom is -0.379 e. The number of aromatic nitrogens is 3. The third kappa shape index (κ3) is 3.46. The third-order valence-corrected chi connectivity index (χ3v) is 6.65. The first-order valence-corrected chi connectivity index (χ1v) is 10.9. The second-order valence-corrected chi connectivity index (χ2v) is 8.65. The van der Waals surface area contributed by atoms with Gasteiger partial charge in [-0.05, 0) is 44.0 Å². The van der Waals surface area contributed by atoms with E-state index in [1.807, 2.05) is 6.92 Å². The molecule has 0 saturated heterocycles. The average molecular weight is 439 g/mol. The van der Waals surface area contributed by atoms with Crippen LogP contribution in [0.2, 0.25) is 0 Å². The number of H-pyrrole nitrogens is 2. The van der Waals surface area contributed by atoms with Gasteiger partial charge in [-0.2, -0.15) is 5.10 Å². The number of benzene rings is 1. The molecule has 168 valence electrons. The van der Waals surface area contributed by atoms with Crippen molar-refractivity contribution in [1.29, 1.82) is 0 Å². The number of carbonyl (C=O) groups excluding carboxylic acids is 2. The van der Waals surface area contributed by atoms with Crippen LogP contribution in [0.25, 0.3) is 10.9 Å². The minimum atomic E-state index is -0.346. The first kappa shape index (κ1) is 20.7.